The number of fused-ring (bicyclic) bond motifs is 1. The number of nitrogens with zero attached hydrogens (tertiary/aromatic N) is 1. The Kier molecular flexibility index (Phi) is 2.91. The molecule has 0 spiro atoms. The lowest BCUT2D eigenvalue weighted by Gasteiger charge is -2.07. The fourth-order valence-corrected chi connectivity index (χ4v) is 2.34. The van der Waals surface area contributed by atoms with E-state index in [1.165, 1.54) is 6.07 Å². The van der Waals surface area contributed by atoms with Crippen molar-refractivity contribution < 1.29 is 4.39 Å². The molecule has 2 nitrogen and oxygen atoms in total. The van der Waals surface area contributed by atoms with Crippen LogP contribution < -0.4 is 5.73 Å². The summed E-state index contributed by atoms with van der Waals surface area (Å²) in [6.07, 6.45) is 1.95. The van der Waals surface area contributed by atoms with E-state index in [1.54, 1.807) is 6.07 Å². The lowest BCUT2D eigenvalue weighted by molar-refractivity contribution is 0.624. The lowest BCUT2D eigenvalue weighted by atomic mass is 10.2. The first-order chi connectivity index (χ1) is 9.15. The maximum absolute atomic E-state index is 13.4. The Labute approximate surface area is 115 Å². The Morgan fingerprint density at radius 2 is 2.00 bits per heavy atom. The molecule has 2 N–H and O–H groups in total. The van der Waals surface area contributed by atoms with E-state index in [4.69, 9.17) is 17.3 Å². The Morgan fingerprint density at radius 3 is 2.79 bits per heavy atom. The summed E-state index contributed by atoms with van der Waals surface area (Å²) in [4.78, 5) is 0. The summed E-state index contributed by atoms with van der Waals surface area (Å²) in [7, 11) is 0. The molecular formula is C15H12ClFN2. The SMILES string of the molecule is Nc1cccc2c1ccn2Cc1ccc(Cl)c(F)c1. The normalized spacial score (nSPS) is 11.1. The zero-order chi connectivity index (χ0) is 13.4. The molecule has 0 bridgehead atoms. The van der Waals surface area contributed by atoms with Gasteiger partial charge in [-0.1, -0.05) is 23.7 Å². The second kappa shape index (κ2) is 4.59. The van der Waals surface area contributed by atoms with Gasteiger partial charge in [-0.05, 0) is 35.9 Å². The molecule has 0 radical (unpaired) electrons. The van der Waals surface area contributed by atoms with Crippen molar-refractivity contribution in [1.29, 1.82) is 0 Å². The van der Waals surface area contributed by atoms with Gasteiger partial charge in [0.2, 0.25) is 0 Å². The summed E-state index contributed by atoms with van der Waals surface area (Å²) >= 11 is 5.68. The van der Waals surface area contributed by atoms with Gasteiger partial charge >= 0.3 is 0 Å². The zero-order valence-electron chi connectivity index (χ0n) is 10.1. The summed E-state index contributed by atoms with van der Waals surface area (Å²) in [5.41, 5.74) is 8.56. The summed E-state index contributed by atoms with van der Waals surface area (Å²) < 4.78 is 15.5. The van der Waals surface area contributed by atoms with Crippen molar-refractivity contribution in [2.45, 2.75) is 6.54 Å². The fraction of sp³-hybridized carbons (Fsp3) is 0.0667. The topological polar surface area (TPSA) is 30.9 Å². The summed E-state index contributed by atoms with van der Waals surface area (Å²) in [5.74, 6) is -0.393. The van der Waals surface area contributed by atoms with E-state index >= 15 is 0 Å². The molecule has 0 unspecified atom stereocenters. The van der Waals surface area contributed by atoms with Gasteiger partial charge in [0.15, 0.2) is 0 Å². The number of anilines is 1. The maximum Gasteiger partial charge on any atom is 0.142 e. The van der Waals surface area contributed by atoms with E-state index < -0.39 is 5.82 Å². The summed E-state index contributed by atoms with van der Waals surface area (Å²) in [6, 6.07) is 12.6. The van der Waals surface area contributed by atoms with Crippen LogP contribution >= 0.6 is 11.6 Å². The summed E-state index contributed by atoms with van der Waals surface area (Å²) in [5, 5.41) is 1.15. The molecule has 0 aliphatic rings. The molecule has 1 heterocycles. The van der Waals surface area contributed by atoms with Crippen molar-refractivity contribution in [2.24, 2.45) is 0 Å². The minimum absolute atomic E-state index is 0.144. The number of aromatic nitrogens is 1. The van der Waals surface area contributed by atoms with Gasteiger partial charge in [-0.2, -0.15) is 0 Å². The minimum atomic E-state index is -0.393. The molecular weight excluding hydrogens is 263 g/mol. The van der Waals surface area contributed by atoms with E-state index in [1.807, 2.05) is 41.1 Å². The molecule has 3 rings (SSSR count). The maximum atomic E-state index is 13.4. The van der Waals surface area contributed by atoms with E-state index in [0.29, 0.717) is 6.54 Å². The highest BCUT2D eigenvalue weighted by Crippen LogP contribution is 2.23. The third-order valence-corrected chi connectivity index (χ3v) is 3.49. The molecule has 0 aliphatic carbocycles. The smallest absolute Gasteiger partial charge is 0.142 e. The van der Waals surface area contributed by atoms with Crippen LogP contribution in [-0.4, -0.2) is 4.57 Å². The Bertz CT molecular complexity index is 749. The van der Waals surface area contributed by atoms with Gasteiger partial charge in [0, 0.05) is 23.8 Å². The quantitative estimate of drug-likeness (QED) is 0.702. The van der Waals surface area contributed by atoms with Crippen LogP contribution in [-0.2, 0) is 6.54 Å². The highest BCUT2D eigenvalue weighted by molar-refractivity contribution is 6.30. The molecule has 19 heavy (non-hydrogen) atoms. The van der Waals surface area contributed by atoms with E-state index in [-0.39, 0.29) is 5.02 Å². The molecule has 0 atom stereocenters. The van der Waals surface area contributed by atoms with Crippen molar-refractivity contribution >= 4 is 28.2 Å². The van der Waals surface area contributed by atoms with Gasteiger partial charge < -0.3 is 10.3 Å². The molecule has 1 aromatic heterocycles. The highest BCUT2D eigenvalue weighted by atomic mass is 35.5. The van der Waals surface area contributed by atoms with E-state index in [2.05, 4.69) is 0 Å². The third-order valence-electron chi connectivity index (χ3n) is 3.18. The van der Waals surface area contributed by atoms with Crippen molar-refractivity contribution in [3.8, 4) is 0 Å². The van der Waals surface area contributed by atoms with Gasteiger partial charge in [0.25, 0.3) is 0 Å². The minimum Gasteiger partial charge on any atom is -0.398 e. The monoisotopic (exact) mass is 274 g/mol. The molecule has 3 aromatic rings. The molecule has 0 saturated carbocycles. The van der Waals surface area contributed by atoms with Gasteiger partial charge in [0.05, 0.1) is 10.5 Å². The molecule has 0 fully saturated rings. The molecule has 2 aromatic carbocycles. The number of hydrogen-bond acceptors (Lipinski definition) is 1. The largest absolute Gasteiger partial charge is 0.398 e. The van der Waals surface area contributed by atoms with Crippen LogP contribution in [0.1, 0.15) is 5.56 Å². The number of halogens is 2. The predicted molar refractivity (Wildman–Crippen MR) is 76.9 cm³/mol. The number of rotatable bonds is 2. The lowest BCUT2D eigenvalue weighted by Crippen LogP contribution is -1.98. The van der Waals surface area contributed by atoms with Crippen molar-refractivity contribution in [3.05, 3.63) is 65.1 Å². The number of hydrogen-bond donors (Lipinski definition) is 1. The second-order valence-electron chi connectivity index (χ2n) is 4.47. The number of benzene rings is 2. The molecule has 4 heteroatoms. The molecule has 0 aliphatic heterocycles. The second-order valence-corrected chi connectivity index (χ2v) is 4.88. The van der Waals surface area contributed by atoms with Crippen molar-refractivity contribution in [2.75, 3.05) is 5.73 Å². The van der Waals surface area contributed by atoms with Crippen LogP contribution in [0.25, 0.3) is 10.9 Å². The average molecular weight is 275 g/mol. The Balaban J connectivity index is 2.01. The van der Waals surface area contributed by atoms with Gasteiger partial charge in [0.1, 0.15) is 5.82 Å². The average Bonchev–Trinajstić information content (AvgIpc) is 2.79. The first-order valence-corrected chi connectivity index (χ1v) is 6.30. The Hall–Kier alpha value is -2.00. The van der Waals surface area contributed by atoms with Gasteiger partial charge in [-0.25, -0.2) is 4.39 Å². The van der Waals surface area contributed by atoms with Crippen molar-refractivity contribution in [1.82, 2.24) is 4.57 Å². The van der Waals surface area contributed by atoms with Crippen LogP contribution in [0.15, 0.2) is 48.7 Å². The number of nitrogens with two attached hydrogens (primary N) is 1. The fourth-order valence-electron chi connectivity index (χ4n) is 2.22. The summed E-state index contributed by atoms with van der Waals surface area (Å²) in [6.45, 7) is 0.584. The first-order valence-electron chi connectivity index (χ1n) is 5.92. The van der Waals surface area contributed by atoms with Crippen LogP contribution in [0.2, 0.25) is 5.02 Å². The molecule has 96 valence electrons. The molecule has 0 amide bonds. The van der Waals surface area contributed by atoms with E-state index in [0.717, 1.165) is 22.2 Å². The number of nitrogen functional groups attached to an aromatic ring is 1. The molecule has 0 saturated heterocycles. The predicted octanol–water partition coefficient (Wildman–Crippen LogP) is 4.06. The van der Waals surface area contributed by atoms with Gasteiger partial charge in [-0.15, -0.1) is 0 Å². The van der Waals surface area contributed by atoms with Crippen LogP contribution in [0.4, 0.5) is 10.1 Å². The third kappa shape index (κ3) is 2.17. The van der Waals surface area contributed by atoms with E-state index in [9.17, 15) is 4.39 Å². The zero-order valence-corrected chi connectivity index (χ0v) is 10.9. The first kappa shape index (κ1) is 12.1. The van der Waals surface area contributed by atoms with Gasteiger partial charge in [-0.3, -0.25) is 0 Å². The van der Waals surface area contributed by atoms with Crippen molar-refractivity contribution in [3.63, 3.8) is 0 Å². The standard InChI is InChI=1S/C15H12ClFN2/c16-12-5-4-10(8-13(12)17)9-19-7-6-11-14(18)2-1-3-15(11)19/h1-8H,9,18H2. The van der Waals surface area contributed by atoms with Crippen LogP contribution in [0, 0.1) is 5.82 Å². The highest BCUT2D eigenvalue weighted by Gasteiger charge is 2.06. The van der Waals surface area contributed by atoms with Crippen LogP contribution in [0.5, 0.6) is 0 Å². The Morgan fingerprint density at radius 1 is 1.16 bits per heavy atom. The van der Waals surface area contributed by atoms with Crippen LogP contribution in [0.3, 0.4) is 0 Å².